The van der Waals surface area contributed by atoms with Gasteiger partial charge in [-0.25, -0.2) is 4.79 Å². The smallest absolute Gasteiger partial charge is 0.318 e. The topological polar surface area (TPSA) is 32.3 Å². The lowest BCUT2D eigenvalue weighted by atomic mass is 10.2. The molecule has 1 rings (SSSR count). The summed E-state index contributed by atoms with van der Waals surface area (Å²) in [6.45, 7) is 4.82. The van der Waals surface area contributed by atoms with Gasteiger partial charge >= 0.3 is 6.03 Å². The minimum absolute atomic E-state index is 0.174. The third-order valence-corrected chi connectivity index (χ3v) is 2.21. The molecule has 88 valence electrons. The number of rotatable bonds is 5. The summed E-state index contributed by atoms with van der Waals surface area (Å²) in [4.78, 5) is 13.3. The van der Waals surface area contributed by atoms with Gasteiger partial charge < -0.3 is 10.2 Å². The fourth-order valence-corrected chi connectivity index (χ4v) is 1.37. The van der Waals surface area contributed by atoms with Crippen molar-refractivity contribution in [2.75, 3.05) is 13.1 Å². The molecule has 0 fully saturated rings. The van der Waals surface area contributed by atoms with Crippen molar-refractivity contribution in [2.45, 2.75) is 6.54 Å². The summed E-state index contributed by atoms with van der Waals surface area (Å²) < 4.78 is 0. The largest absolute Gasteiger partial charge is 0.334 e. The molecular weight excluding hydrogens is 212 g/mol. The number of amides is 2. The summed E-state index contributed by atoms with van der Waals surface area (Å²) in [7, 11) is 0. The molecule has 1 N–H and O–H groups in total. The molecule has 2 amide bonds. The van der Waals surface area contributed by atoms with Crippen molar-refractivity contribution in [3.8, 4) is 12.3 Å². The summed E-state index contributed by atoms with van der Waals surface area (Å²) in [5.74, 6) is 2.45. The van der Waals surface area contributed by atoms with Gasteiger partial charge in [0, 0.05) is 13.1 Å². The summed E-state index contributed by atoms with van der Waals surface area (Å²) in [6, 6.07) is 9.55. The van der Waals surface area contributed by atoms with Crippen molar-refractivity contribution in [2.24, 2.45) is 0 Å². The van der Waals surface area contributed by atoms with E-state index in [1.807, 2.05) is 30.3 Å². The van der Waals surface area contributed by atoms with Crippen molar-refractivity contribution in [1.82, 2.24) is 10.2 Å². The minimum atomic E-state index is -0.174. The van der Waals surface area contributed by atoms with E-state index in [9.17, 15) is 4.79 Å². The highest BCUT2D eigenvalue weighted by atomic mass is 16.2. The molecule has 0 saturated heterocycles. The van der Waals surface area contributed by atoms with Crippen molar-refractivity contribution >= 4 is 6.03 Å². The van der Waals surface area contributed by atoms with Crippen LogP contribution in [0.25, 0.3) is 0 Å². The number of nitrogens with one attached hydrogen (secondary N) is 1. The maximum Gasteiger partial charge on any atom is 0.318 e. The number of terminal acetylenes is 1. The molecule has 0 unspecified atom stereocenters. The van der Waals surface area contributed by atoms with Gasteiger partial charge in [-0.3, -0.25) is 0 Å². The van der Waals surface area contributed by atoms with Crippen LogP contribution < -0.4 is 5.32 Å². The molecule has 3 heteroatoms. The molecule has 0 aromatic heterocycles. The summed E-state index contributed by atoms with van der Waals surface area (Å²) in [5.41, 5.74) is 1.06. The molecule has 0 saturated carbocycles. The molecule has 0 spiro atoms. The second kappa shape index (κ2) is 7.13. The molecule has 0 atom stereocenters. The SMILES string of the molecule is C#CCN(CC=C)C(=O)NCc1ccccc1. The quantitative estimate of drug-likeness (QED) is 0.607. The van der Waals surface area contributed by atoms with Gasteiger partial charge in [0.1, 0.15) is 0 Å². The standard InChI is InChI=1S/C14H16N2O/c1-3-10-16(11-4-2)14(17)15-12-13-8-6-5-7-9-13/h1,4-9H,2,10-12H2,(H,15,17). The lowest BCUT2D eigenvalue weighted by Crippen LogP contribution is -2.39. The van der Waals surface area contributed by atoms with Gasteiger partial charge in [-0.15, -0.1) is 13.0 Å². The van der Waals surface area contributed by atoms with Crippen molar-refractivity contribution in [3.63, 3.8) is 0 Å². The first-order valence-corrected chi connectivity index (χ1v) is 5.39. The zero-order valence-corrected chi connectivity index (χ0v) is 9.73. The second-order valence-corrected chi connectivity index (χ2v) is 3.52. The van der Waals surface area contributed by atoms with E-state index in [-0.39, 0.29) is 12.6 Å². The average molecular weight is 228 g/mol. The van der Waals surface area contributed by atoms with E-state index in [4.69, 9.17) is 6.42 Å². The molecule has 1 aromatic rings. The van der Waals surface area contributed by atoms with Gasteiger partial charge in [0.2, 0.25) is 0 Å². The van der Waals surface area contributed by atoms with Gasteiger partial charge in [0.25, 0.3) is 0 Å². The van der Waals surface area contributed by atoms with Crippen LogP contribution in [0.5, 0.6) is 0 Å². The Bertz CT molecular complexity index is 406. The van der Waals surface area contributed by atoms with Gasteiger partial charge in [-0.2, -0.15) is 0 Å². The van der Waals surface area contributed by atoms with Crippen LogP contribution in [0.15, 0.2) is 43.0 Å². The van der Waals surface area contributed by atoms with E-state index >= 15 is 0 Å². The monoisotopic (exact) mass is 228 g/mol. The molecule has 0 aliphatic heterocycles. The van der Waals surface area contributed by atoms with Crippen molar-refractivity contribution < 1.29 is 4.79 Å². The van der Waals surface area contributed by atoms with E-state index in [2.05, 4.69) is 17.8 Å². The van der Waals surface area contributed by atoms with E-state index in [0.29, 0.717) is 13.1 Å². The number of nitrogens with zero attached hydrogens (tertiary/aromatic N) is 1. The number of carbonyl (C=O) groups excluding carboxylic acids is 1. The van der Waals surface area contributed by atoms with Crippen LogP contribution in [0.1, 0.15) is 5.56 Å². The van der Waals surface area contributed by atoms with E-state index in [0.717, 1.165) is 5.56 Å². The van der Waals surface area contributed by atoms with Gasteiger partial charge in [-0.1, -0.05) is 42.3 Å². The zero-order chi connectivity index (χ0) is 12.5. The van der Waals surface area contributed by atoms with Gasteiger partial charge in [-0.05, 0) is 5.56 Å². The van der Waals surface area contributed by atoms with Crippen LogP contribution in [0.3, 0.4) is 0 Å². The first-order valence-electron chi connectivity index (χ1n) is 5.39. The Morgan fingerprint density at radius 1 is 1.47 bits per heavy atom. The normalized spacial score (nSPS) is 9.12. The lowest BCUT2D eigenvalue weighted by Gasteiger charge is -2.18. The van der Waals surface area contributed by atoms with Crippen LogP contribution in [-0.4, -0.2) is 24.0 Å². The average Bonchev–Trinajstić information content (AvgIpc) is 2.37. The van der Waals surface area contributed by atoms with Gasteiger partial charge in [0.05, 0.1) is 6.54 Å². The molecule has 0 bridgehead atoms. The molecule has 0 heterocycles. The van der Waals surface area contributed by atoms with E-state index in [1.54, 1.807) is 6.08 Å². The first-order chi connectivity index (χ1) is 8.27. The first kappa shape index (κ1) is 12.9. The Morgan fingerprint density at radius 3 is 2.76 bits per heavy atom. The van der Waals surface area contributed by atoms with Gasteiger partial charge in [0.15, 0.2) is 0 Å². The highest BCUT2D eigenvalue weighted by Crippen LogP contribution is 1.98. The van der Waals surface area contributed by atoms with Crippen LogP contribution in [0, 0.1) is 12.3 Å². The highest BCUT2D eigenvalue weighted by Gasteiger charge is 2.09. The van der Waals surface area contributed by atoms with E-state index in [1.165, 1.54) is 4.90 Å². The Balaban J connectivity index is 2.47. The fourth-order valence-electron chi connectivity index (χ4n) is 1.37. The Labute approximate surface area is 102 Å². The van der Waals surface area contributed by atoms with Crippen LogP contribution in [-0.2, 0) is 6.54 Å². The Morgan fingerprint density at radius 2 is 2.18 bits per heavy atom. The molecule has 1 aromatic carbocycles. The van der Waals surface area contributed by atoms with E-state index < -0.39 is 0 Å². The molecular formula is C14H16N2O. The number of hydrogen-bond donors (Lipinski definition) is 1. The number of carbonyl (C=O) groups is 1. The highest BCUT2D eigenvalue weighted by molar-refractivity contribution is 5.74. The lowest BCUT2D eigenvalue weighted by molar-refractivity contribution is 0.208. The molecule has 3 nitrogen and oxygen atoms in total. The van der Waals surface area contributed by atoms with Crippen LogP contribution in [0.4, 0.5) is 4.79 Å². The molecule has 0 aliphatic rings. The predicted molar refractivity (Wildman–Crippen MR) is 69.3 cm³/mol. The number of benzene rings is 1. The van der Waals surface area contributed by atoms with Crippen molar-refractivity contribution in [1.29, 1.82) is 0 Å². The Hall–Kier alpha value is -2.21. The van der Waals surface area contributed by atoms with Crippen LogP contribution in [0.2, 0.25) is 0 Å². The number of urea groups is 1. The maximum absolute atomic E-state index is 11.8. The summed E-state index contributed by atoms with van der Waals surface area (Å²) >= 11 is 0. The predicted octanol–water partition coefficient (Wildman–Crippen LogP) is 2.02. The summed E-state index contributed by atoms with van der Waals surface area (Å²) in [5, 5.41) is 2.81. The minimum Gasteiger partial charge on any atom is -0.334 e. The second-order valence-electron chi connectivity index (χ2n) is 3.52. The molecule has 0 radical (unpaired) electrons. The molecule has 17 heavy (non-hydrogen) atoms. The maximum atomic E-state index is 11.8. The zero-order valence-electron chi connectivity index (χ0n) is 9.73. The van der Waals surface area contributed by atoms with Crippen LogP contribution >= 0.6 is 0 Å². The fraction of sp³-hybridized carbons (Fsp3) is 0.214. The number of hydrogen-bond acceptors (Lipinski definition) is 1. The third-order valence-electron chi connectivity index (χ3n) is 2.21. The third kappa shape index (κ3) is 4.43. The van der Waals surface area contributed by atoms with Crippen molar-refractivity contribution in [3.05, 3.63) is 48.6 Å². The molecule has 0 aliphatic carbocycles. The Kier molecular flexibility index (Phi) is 5.39. The summed E-state index contributed by atoms with van der Waals surface area (Å²) in [6.07, 6.45) is 6.85.